The van der Waals surface area contributed by atoms with E-state index in [1.54, 1.807) is 13.8 Å². The van der Waals surface area contributed by atoms with Crippen molar-refractivity contribution in [2.75, 3.05) is 13.1 Å². The first-order valence-corrected chi connectivity index (χ1v) is 6.11. The van der Waals surface area contributed by atoms with Gasteiger partial charge in [-0.15, -0.1) is 0 Å². The molecule has 0 bridgehead atoms. The minimum Gasteiger partial charge on any atom is -0.324 e. The number of rotatable bonds is 3. The zero-order valence-electron chi connectivity index (χ0n) is 11.1. The smallest absolute Gasteiger partial charge is 0.324 e. The van der Waals surface area contributed by atoms with Gasteiger partial charge in [-0.1, -0.05) is 6.92 Å². The van der Waals surface area contributed by atoms with Gasteiger partial charge in [-0.25, -0.2) is 0 Å². The highest BCUT2D eigenvalue weighted by atomic mass is 19.4. The Morgan fingerprint density at radius 3 is 2.24 bits per heavy atom. The lowest BCUT2D eigenvalue weighted by Crippen LogP contribution is -2.54. The molecule has 2 nitrogen and oxygen atoms in total. The van der Waals surface area contributed by atoms with Crippen LogP contribution >= 0.6 is 0 Å². The van der Waals surface area contributed by atoms with E-state index in [1.807, 2.05) is 18.7 Å². The van der Waals surface area contributed by atoms with Crippen LogP contribution in [-0.4, -0.2) is 35.2 Å². The lowest BCUT2D eigenvalue weighted by molar-refractivity contribution is -0.192. The molecule has 1 saturated heterocycles. The Hall–Kier alpha value is -0.290. The third kappa shape index (κ3) is 3.13. The van der Waals surface area contributed by atoms with E-state index >= 15 is 0 Å². The van der Waals surface area contributed by atoms with Crippen LogP contribution in [-0.2, 0) is 0 Å². The van der Waals surface area contributed by atoms with Gasteiger partial charge in [0.15, 0.2) is 0 Å². The van der Waals surface area contributed by atoms with Crippen LogP contribution in [0.25, 0.3) is 0 Å². The first kappa shape index (κ1) is 14.8. The molecule has 2 unspecified atom stereocenters. The fourth-order valence-electron chi connectivity index (χ4n) is 2.54. The Bertz CT molecular complexity index is 271. The third-order valence-corrected chi connectivity index (χ3v) is 4.11. The van der Waals surface area contributed by atoms with Gasteiger partial charge < -0.3 is 5.73 Å². The second kappa shape index (κ2) is 4.43. The summed E-state index contributed by atoms with van der Waals surface area (Å²) < 4.78 is 38.7. The third-order valence-electron chi connectivity index (χ3n) is 4.11. The molecule has 2 N–H and O–H groups in total. The van der Waals surface area contributed by atoms with E-state index in [4.69, 9.17) is 5.73 Å². The predicted octanol–water partition coefficient (Wildman–Crippen LogP) is 2.78. The van der Waals surface area contributed by atoms with Gasteiger partial charge in [0.25, 0.3) is 0 Å². The SMILES string of the molecule is CCC(C)(N)CN1CCC(C(F)(F)F)C1(C)C. The Labute approximate surface area is 101 Å². The summed E-state index contributed by atoms with van der Waals surface area (Å²) in [6.45, 7) is 8.19. The number of halogens is 3. The van der Waals surface area contributed by atoms with Crippen LogP contribution in [0.3, 0.4) is 0 Å². The summed E-state index contributed by atoms with van der Waals surface area (Å²) in [5.74, 6) is -1.25. The summed E-state index contributed by atoms with van der Waals surface area (Å²) in [5, 5.41) is 0. The fraction of sp³-hybridized carbons (Fsp3) is 1.00. The molecule has 1 aliphatic heterocycles. The molecule has 5 heteroatoms. The van der Waals surface area contributed by atoms with Crippen molar-refractivity contribution in [2.24, 2.45) is 11.7 Å². The van der Waals surface area contributed by atoms with Gasteiger partial charge >= 0.3 is 6.18 Å². The largest absolute Gasteiger partial charge is 0.393 e. The van der Waals surface area contributed by atoms with Crippen molar-refractivity contribution < 1.29 is 13.2 Å². The monoisotopic (exact) mass is 252 g/mol. The molecule has 0 aromatic heterocycles. The molecule has 1 rings (SSSR count). The van der Waals surface area contributed by atoms with Gasteiger partial charge in [0.05, 0.1) is 5.92 Å². The summed E-state index contributed by atoms with van der Waals surface area (Å²) in [6, 6.07) is 0. The number of hydrogen-bond acceptors (Lipinski definition) is 2. The molecule has 0 aliphatic carbocycles. The number of nitrogens with zero attached hydrogens (tertiary/aromatic N) is 1. The summed E-state index contributed by atoms with van der Waals surface area (Å²) in [7, 11) is 0. The minimum atomic E-state index is -4.12. The second-order valence-electron chi connectivity index (χ2n) is 5.97. The molecule has 0 spiro atoms. The van der Waals surface area contributed by atoms with Crippen LogP contribution in [0.4, 0.5) is 13.2 Å². The van der Waals surface area contributed by atoms with Crippen LogP contribution in [0.15, 0.2) is 0 Å². The van der Waals surface area contributed by atoms with E-state index < -0.39 is 23.2 Å². The fourth-order valence-corrected chi connectivity index (χ4v) is 2.54. The quantitative estimate of drug-likeness (QED) is 0.837. The average molecular weight is 252 g/mol. The van der Waals surface area contributed by atoms with Crippen LogP contribution < -0.4 is 5.73 Å². The van der Waals surface area contributed by atoms with Crippen molar-refractivity contribution in [3.05, 3.63) is 0 Å². The molecule has 2 atom stereocenters. The van der Waals surface area contributed by atoms with Crippen LogP contribution in [0.5, 0.6) is 0 Å². The zero-order valence-corrected chi connectivity index (χ0v) is 11.1. The molecule has 0 radical (unpaired) electrons. The van der Waals surface area contributed by atoms with E-state index in [2.05, 4.69) is 0 Å². The normalized spacial score (nSPS) is 29.3. The maximum atomic E-state index is 12.9. The number of alkyl halides is 3. The molecule has 1 aliphatic rings. The predicted molar refractivity (Wildman–Crippen MR) is 62.7 cm³/mol. The molecule has 1 heterocycles. The molecule has 0 aromatic rings. The molecule has 0 aromatic carbocycles. The molecule has 102 valence electrons. The molecule has 0 amide bonds. The lowest BCUT2D eigenvalue weighted by atomic mass is 9.87. The average Bonchev–Trinajstić information content (AvgIpc) is 2.41. The Morgan fingerprint density at radius 2 is 1.88 bits per heavy atom. The van der Waals surface area contributed by atoms with Crippen LogP contribution in [0.1, 0.15) is 40.5 Å². The Kier molecular flexibility index (Phi) is 3.85. The van der Waals surface area contributed by atoms with Gasteiger partial charge in [-0.3, -0.25) is 4.90 Å². The maximum Gasteiger partial charge on any atom is 0.393 e. The standard InChI is InChI=1S/C12H23F3N2/c1-5-11(4,16)8-17-7-6-9(10(17,2)3)12(13,14)15/h9H,5-8,16H2,1-4H3. The van der Waals surface area contributed by atoms with Crippen molar-refractivity contribution in [3.8, 4) is 0 Å². The van der Waals surface area contributed by atoms with Crippen molar-refractivity contribution in [3.63, 3.8) is 0 Å². The van der Waals surface area contributed by atoms with E-state index in [9.17, 15) is 13.2 Å². The first-order chi connectivity index (χ1) is 7.50. The van der Waals surface area contributed by atoms with Gasteiger partial charge in [-0.05, 0) is 40.2 Å². The van der Waals surface area contributed by atoms with Gasteiger partial charge in [0, 0.05) is 17.6 Å². The van der Waals surface area contributed by atoms with E-state index in [0.717, 1.165) is 6.42 Å². The van der Waals surface area contributed by atoms with Crippen molar-refractivity contribution >= 4 is 0 Å². The highest BCUT2D eigenvalue weighted by Gasteiger charge is 2.55. The lowest BCUT2D eigenvalue weighted by Gasteiger charge is -2.40. The highest BCUT2D eigenvalue weighted by Crippen LogP contribution is 2.44. The molecule has 17 heavy (non-hydrogen) atoms. The number of nitrogens with two attached hydrogens (primary N) is 1. The van der Waals surface area contributed by atoms with Gasteiger partial charge in [0.2, 0.25) is 0 Å². The Morgan fingerprint density at radius 1 is 1.35 bits per heavy atom. The summed E-state index contributed by atoms with van der Waals surface area (Å²) in [6.07, 6.45) is -3.18. The topological polar surface area (TPSA) is 29.3 Å². The number of hydrogen-bond donors (Lipinski definition) is 1. The minimum absolute atomic E-state index is 0.177. The second-order valence-corrected chi connectivity index (χ2v) is 5.97. The van der Waals surface area contributed by atoms with E-state index in [0.29, 0.717) is 13.1 Å². The van der Waals surface area contributed by atoms with Crippen molar-refractivity contribution in [1.82, 2.24) is 4.90 Å². The molecular formula is C12H23F3N2. The maximum absolute atomic E-state index is 12.9. The Balaban J connectivity index is 2.80. The summed E-state index contributed by atoms with van der Waals surface area (Å²) in [5.41, 5.74) is 4.78. The van der Waals surface area contributed by atoms with Crippen molar-refractivity contribution in [2.45, 2.75) is 57.8 Å². The first-order valence-electron chi connectivity index (χ1n) is 6.11. The zero-order chi connectivity index (χ0) is 13.5. The van der Waals surface area contributed by atoms with Gasteiger partial charge in [0.1, 0.15) is 0 Å². The summed E-state index contributed by atoms with van der Waals surface area (Å²) in [4.78, 5) is 1.88. The van der Waals surface area contributed by atoms with Gasteiger partial charge in [-0.2, -0.15) is 13.2 Å². The number of likely N-dealkylation sites (tertiary alicyclic amines) is 1. The highest BCUT2D eigenvalue weighted by molar-refractivity contribution is 5.00. The van der Waals surface area contributed by atoms with E-state index in [1.165, 1.54) is 0 Å². The molecule has 0 saturated carbocycles. The summed E-state index contributed by atoms with van der Waals surface area (Å²) >= 11 is 0. The molecule has 1 fully saturated rings. The van der Waals surface area contributed by atoms with Crippen molar-refractivity contribution in [1.29, 1.82) is 0 Å². The molecular weight excluding hydrogens is 229 g/mol. The van der Waals surface area contributed by atoms with Crippen LogP contribution in [0.2, 0.25) is 0 Å². The van der Waals surface area contributed by atoms with Crippen LogP contribution in [0, 0.1) is 5.92 Å². The van der Waals surface area contributed by atoms with E-state index in [-0.39, 0.29) is 6.42 Å².